The van der Waals surface area contributed by atoms with Crippen LogP contribution in [0.15, 0.2) is 54.7 Å². The van der Waals surface area contributed by atoms with Crippen molar-refractivity contribution in [2.75, 3.05) is 13.1 Å². The number of pyridine rings is 1. The number of carbonyl (C=O) groups excluding carboxylic acids is 1. The third-order valence-electron chi connectivity index (χ3n) is 5.17. The molecule has 1 saturated heterocycles. The first-order chi connectivity index (χ1) is 13.7. The second-order valence-electron chi connectivity index (χ2n) is 7.22. The van der Waals surface area contributed by atoms with Gasteiger partial charge >= 0.3 is 0 Å². The minimum absolute atomic E-state index is 0.160. The summed E-state index contributed by atoms with van der Waals surface area (Å²) in [6.45, 7) is 4.15. The van der Waals surface area contributed by atoms with Gasteiger partial charge in [0.2, 0.25) is 5.91 Å². The third-order valence-corrected chi connectivity index (χ3v) is 5.45. The molecule has 0 bridgehead atoms. The van der Waals surface area contributed by atoms with Crippen LogP contribution in [0.3, 0.4) is 0 Å². The fourth-order valence-corrected chi connectivity index (χ4v) is 3.89. The van der Waals surface area contributed by atoms with E-state index in [0.717, 1.165) is 17.8 Å². The topological polar surface area (TPSA) is 50.8 Å². The van der Waals surface area contributed by atoms with E-state index in [9.17, 15) is 4.79 Å². The van der Waals surface area contributed by atoms with Crippen LogP contribution in [0.1, 0.15) is 29.7 Å². The number of fused-ring (bicyclic) bond motifs is 1. The lowest BCUT2D eigenvalue weighted by molar-refractivity contribution is -0.901. The van der Waals surface area contributed by atoms with Gasteiger partial charge in [0.15, 0.2) is 5.15 Å². The molecular weight excluding hydrogens is 372 g/mol. The summed E-state index contributed by atoms with van der Waals surface area (Å²) in [5.41, 5.74) is 3.90. The number of carbonyl (C=O) groups is 1. The summed E-state index contributed by atoms with van der Waals surface area (Å²) in [6.07, 6.45) is 7.74. The largest absolute Gasteiger partial charge is 0.348 e. The van der Waals surface area contributed by atoms with Crippen molar-refractivity contribution in [3.63, 3.8) is 0 Å². The van der Waals surface area contributed by atoms with E-state index in [1.807, 2.05) is 28.8 Å². The van der Waals surface area contributed by atoms with E-state index in [2.05, 4.69) is 34.6 Å². The molecule has 0 aliphatic carbocycles. The van der Waals surface area contributed by atoms with E-state index < -0.39 is 0 Å². The fraction of sp³-hybridized carbons (Fsp3) is 0.273. The van der Waals surface area contributed by atoms with Gasteiger partial charge in [-0.25, -0.2) is 4.98 Å². The summed E-state index contributed by atoms with van der Waals surface area (Å²) in [4.78, 5) is 18.1. The number of amides is 1. The monoisotopic (exact) mass is 395 g/mol. The highest BCUT2D eigenvalue weighted by molar-refractivity contribution is 6.31. The number of aromatic nitrogens is 2. The zero-order valence-corrected chi connectivity index (χ0v) is 16.5. The highest BCUT2D eigenvalue weighted by Crippen LogP contribution is 2.18. The van der Waals surface area contributed by atoms with Crippen molar-refractivity contribution in [2.24, 2.45) is 0 Å². The van der Waals surface area contributed by atoms with E-state index in [4.69, 9.17) is 11.6 Å². The lowest BCUT2D eigenvalue weighted by Crippen LogP contribution is -3.08. The summed E-state index contributed by atoms with van der Waals surface area (Å²) in [5, 5.41) is 3.30. The molecular formula is C22H24ClN4O+. The Labute approximate surface area is 169 Å². The van der Waals surface area contributed by atoms with E-state index >= 15 is 0 Å². The van der Waals surface area contributed by atoms with Gasteiger partial charge in [0, 0.05) is 37.2 Å². The molecule has 28 heavy (non-hydrogen) atoms. The molecule has 5 nitrogen and oxygen atoms in total. The molecule has 0 saturated carbocycles. The van der Waals surface area contributed by atoms with Crippen molar-refractivity contribution in [3.8, 4) is 0 Å². The minimum Gasteiger partial charge on any atom is -0.348 e. The quantitative estimate of drug-likeness (QED) is 0.630. The van der Waals surface area contributed by atoms with Gasteiger partial charge in [0.1, 0.15) is 12.2 Å². The predicted molar refractivity (Wildman–Crippen MR) is 111 cm³/mol. The van der Waals surface area contributed by atoms with Crippen molar-refractivity contribution in [1.82, 2.24) is 14.7 Å². The molecule has 1 fully saturated rings. The molecule has 4 rings (SSSR count). The molecule has 144 valence electrons. The van der Waals surface area contributed by atoms with Crippen LogP contribution < -0.4 is 10.2 Å². The van der Waals surface area contributed by atoms with Gasteiger partial charge in [0.25, 0.3) is 0 Å². The molecule has 0 unspecified atom stereocenters. The Morgan fingerprint density at radius 2 is 1.89 bits per heavy atom. The van der Waals surface area contributed by atoms with Crippen LogP contribution in [0.4, 0.5) is 0 Å². The Morgan fingerprint density at radius 1 is 1.14 bits per heavy atom. The summed E-state index contributed by atoms with van der Waals surface area (Å²) in [6, 6.07) is 14.2. The Bertz CT molecular complexity index is 987. The maximum atomic E-state index is 12.2. The summed E-state index contributed by atoms with van der Waals surface area (Å²) in [5.74, 6) is -0.160. The van der Waals surface area contributed by atoms with Crippen molar-refractivity contribution < 1.29 is 9.69 Å². The van der Waals surface area contributed by atoms with Crippen LogP contribution in [-0.2, 0) is 17.9 Å². The van der Waals surface area contributed by atoms with Crippen LogP contribution >= 0.6 is 11.6 Å². The summed E-state index contributed by atoms with van der Waals surface area (Å²) in [7, 11) is 0. The van der Waals surface area contributed by atoms with E-state index in [0.29, 0.717) is 17.4 Å². The highest BCUT2D eigenvalue weighted by Gasteiger charge is 2.15. The van der Waals surface area contributed by atoms with Gasteiger partial charge in [-0.1, -0.05) is 41.9 Å². The first-order valence-electron chi connectivity index (χ1n) is 9.69. The van der Waals surface area contributed by atoms with Crippen molar-refractivity contribution in [3.05, 3.63) is 76.7 Å². The lowest BCUT2D eigenvalue weighted by atomic mass is 10.1. The number of benzene rings is 1. The van der Waals surface area contributed by atoms with Crippen LogP contribution in [0, 0.1) is 0 Å². The first kappa shape index (κ1) is 18.7. The number of imidazole rings is 1. The lowest BCUT2D eigenvalue weighted by Gasteiger charge is -2.12. The van der Waals surface area contributed by atoms with Crippen molar-refractivity contribution >= 4 is 29.2 Å². The standard InChI is InChI=1S/C22H23ClN4O/c23-22-19(27-14-2-1-5-20(27)25-22)10-11-21(28)24-15-17-6-8-18(9-7-17)16-26-12-3-4-13-26/h1-2,5-11,14H,3-4,12-13,15-16H2,(H,24,28)/p+1/b11-10+. The zero-order valence-electron chi connectivity index (χ0n) is 15.7. The Balaban J connectivity index is 1.32. The highest BCUT2D eigenvalue weighted by atomic mass is 35.5. The van der Waals surface area contributed by atoms with Gasteiger partial charge in [-0.3, -0.25) is 9.20 Å². The molecule has 1 aliphatic heterocycles. The zero-order chi connectivity index (χ0) is 19.3. The second-order valence-corrected chi connectivity index (χ2v) is 7.58. The van der Waals surface area contributed by atoms with Gasteiger partial charge in [0.05, 0.1) is 18.8 Å². The third kappa shape index (κ3) is 4.43. The van der Waals surface area contributed by atoms with Crippen molar-refractivity contribution in [1.29, 1.82) is 0 Å². The first-order valence-corrected chi connectivity index (χ1v) is 10.1. The maximum Gasteiger partial charge on any atom is 0.244 e. The van der Waals surface area contributed by atoms with E-state index in [-0.39, 0.29) is 5.91 Å². The van der Waals surface area contributed by atoms with Crippen LogP contribution in [-0.4, -0.2) is 28.4 Å². The SMILES string of the molecule is O=C(/C=C/c1c(Cl)nc2ccccn12)NCc1ccc(C[NH+]2CCCC2)cc1. The summed E-state index contributed by atoms with van der Waals surface area (Å²) < 4.78 is 1.85. The number of likely N-dealkylation sites (tertiary alicyclic amines) is 1. The van der Waals surface area contributed by atoms with Gasteiger partial charge < -0.3 is 10.2 Å². The van der Waals surface area contributed by atoms with Gasteiger partial charge in [-0.15, -0.1) is 0 Å². The van der Waals surface area contributed by atoms with E-state index in [1.165, 1.54) is 37.6 Å². The molecule has 0 radical (unpaired) electrons. The smallest absolute Gasteiger partial charge is 0.244 e. The van der Waals surface area contributed by atoms with Gasteiger partial charge in [-0.2, -0.15) is 0 Å². The molecule has 3 aromatic rings. The molecule has 1 aromatic carbocycles. The molecule has 2 N–H and O–H groups in total. The Morgan fingerprint density at radius 3 is 2.68 bits per heavy atom. The number of rotatable bonds is 6. The number of quaternary nitrogens is 1. The number of hydrogen-bond donors (Lipinski definition) is 2. The Hall–Kier alpha value is -2.63. The average Bonchev–Trinajstić information content (AvgIpc) is 3.33. The molecule has 0 atom stereocenters. The molecule has 1 aliphatic rings. The molecule has 6 heteroatoms. The van der Waals surface area contributed by atoms with Crippen LogP contribution in [0.2, 0.25) is 5.15 Å². The normalized spacial score (nSPS) is 14.9. The number of nitrogens with zero attached hydrogens (tertiary/aromatic N) is 2. The van der Waals surface area contributed by atoms with Crippen molar-refractivity contribution in [2.45, 2.75) is 25.9 Å². The fourth-order valence-electron chi connectivity index (χ4n) is 3.65. The van der Waals surface area contributed by atoms with E-state index in [1.54, 1.807) is 11.0 Å². The number of hydrogen-bond acceptors (Lipinski definition) is 2. The maximum absolute atomic E-state index is 12.2. The van der Waals surface area contributed by atoms with Crippen LogP contribution in [0.5, 0.6) is 0 Å². The molecule has 1 amide bonds. The number of halogens is 1. The molecule has 0 spiro atoms. The molecule has 3 heterocycles. The predicted octanol–water partition coefficient (Wildman–Crippen LogP) is 2.50. The van der Waals surface area contributed by atoms with Crippen LogP contribution in [0.25, 0.3) is 11.7 Å². The number of nitrogens with one attached hydrogen (secondary N) is 2. The second kappa shape index (κ2) is 8.59. The van der Waals surface area contributed by atoms with Gasteiger partial charge in [-0.05, 0) is 23.8 Å². The summed E-state index contributed by atoms with van der Waals surface area (Å²) >= 11 is 6.18. The molecule has 2 aromatic heterocycles. The minimum atomic E-state index is -0.160. The average molecular weight is 396 g/mol. The Kier molecular flexibility index (Phi) is 5.74.